The summed E-state index contributed by atoms with van der Waals surface area (Å²) >= 11 is 0. The number of nitrogens with zero attached hydrogens (tertiary/aromatic N) is 3. The van der Waals surface area contributed by atoms with Crippen LogP contribution in [0.4, 0.5) is 0 Å². The molecule has 0 heterocycles. The summed E-state index contributed by atoms with van der Waals surface area (Å²) in [6.07, 6.45) is 2.20. The molecule has 0 unspecified atom stereocenters. The molecule has 0 aliphatic carbocycles. The predicted molar refractivity (Wildman–Crippen MR) is 70.3 cm³/mol. The number of hydrogen-bond acceptors (Lipinski definition) is 3. The highest BCUT2D eigenvalue weighted by Crippen LogP contribution is 2.21. The molecule has 5 heteroatoms. The zero-order valence-electron chi connectivity index (χ0n) is 10.5. The lowest BCUT2D eigenvalue weighted by molar-refractivity contribution is -0.113. The summed E-state index contributed by atoms with van der Waals surface area (Å²) in [7, 11) is 1.58. The van der Waals surface area contributed by atoms with E-state index in [4.69, 9.17) is 10.3 Å². The Balaban J connectivity index is 3.00. The van der Waals surface area contributed by atoms with Gasteiger partial charge in [-0.3, -0.25) is 4.79 Å². The molecule has 0 amide bonds. The number of methoxy groups -OCH3 is 1. The third-order valence-corrected chi connectivity index (χ3v) is 2.47. The van der Waals surface area contributed by atoms with Gasteiger partial charge in [0, 0.05) is 17.0 Å². The minimum absolute atomic E-state index is 0.0333. The summed E-state index contributed by atoms with van der Waals surface area (Å²) in [6.45, 7) is 1.77. The van der Waals surface area contributed by atoms with E-state index in [0.717, 1.165) is 5.56 Å². The van der Waals surface area contributed by atoms with Crippen molar-refractivity contribution in [2.45, 2.75) is 13.3 Å². The van der Waals surface area contributed by atoms with Crippen LogP contribution in [0, 0.1) is 0 Å². The summed E-state index contributed by atoms with van der Waals surface area (Å²) in [5, 5.41) is 3.43. The monoisotopic (exact) mass is 245 g/mol. The minimum atomic E-state index is -0.0333. The Hall–Kier alpha value is -2.26. The second-order valence-corrected chi connectivity index (χ2v) is 3.67. The molecule has 1 aromatic rings. The first-order valence-corrected chi connectivity index (χ1v) is 5.54. The Morgan fingerprint density at radius 3 is 2.83 bits per heavy atom. The van der Waals surface area contributed by atoms with Gasteiger partial charge >= 0.3 is 0 Å². The van der Waals surface area contributed by atoms with Crippen LogP contribution >= 0.6 is 0 Å². The second-order valence-electron chi connectivity index (χ2n) is 3.67. The highest BCUT2D eigenvalue weighted by atomic mass is 16.5. The first-order valence-electron chi connectivity index (χ1n) is 5.54. The van der Waals surface area contributed by atoms with E-state index >= 15 is 0 Å². The van der Waals surface area contributed by atoms with Crippen LogP contribution in [-0.2, 0) is 4.79 Å². The Bertz CT molecular complexity index is 503. The summed E-state index contributed by atoms with van der Waals surface area (Å²) < 4.78 is 5.21. The van der Waals surface area contributed by atoms with Gasteiger partial charge in [0.05, 0.1) is 7.11 Å². The molecule has 0 spiro atoms. The molecule has 0 saturated carbocycles. The van der Waals surface area contributed by atoms with Crippen LogP contribution in [0.5, 0.6) is 5.75 Å². The van der Waals surface area contributed by atoms with Gasteiger partial charge in [-0.15, -0.1) is 0 Å². The van der Waals surface area contributed by atoms with Crippen molar-refractivity contribution in [3.63, 3.8) is 0 Å². The van der Waals surface area contributed by atoms with Gasteiger partial charge in [0.2, 0.25) is 0 Å². The number of Topliss-reactive ketones (excluding diaryl/α,β-unsaturated/α-hetero) is 1. The van der Waals surface area contributed by atoms with E-state index < -0.39 is 0 Å². The fourth-order valence-electron chi connectivity index (χ4n) is 1.54. The Labute approximate surface area is 106 Å². The van der Waals surface area contributed by atoms with E-state index in [9.17, 15) is 4.79 Å². The topological polar surface area (TPSA) is 75.1 Å². The summed E-state index contributed by atoms with van der Waals surface area (Å²) in [6, 6.07) is 7.44. The lowest BCUT2D eigenvalue weighted by atomic mass is 10.0. The van der Waals surface area contributed by atoms with Crippen molar-refractivity contribution in [2.24, 2.45) is 5.11 Å². The quantitative estimate of drug-likeness (QED) is 0.333. The first kappa shape index (κ1) is 13.8. The average molecular weight is 245 g/mol. The van der Waals surface area contributed by atoms with E-state index in [2.05, 4.69) is 10.0 Å². The van der Waals surface area contributed by atoms with Gasteiger partial charge in [0.1, 0.15) is 5.75 Å². The standard InChI is InChI=1S/C13H15N3O2/c1-10(17)11(7-8-15-16-14)9-12-5-3-4-6-13(12)18-2/h3-6,9H,7-8H2,1-2H3/b11-9-. The normalized spacial score (nSPS) is 10.7. The molecular formula is C13H15N3O2. The first-order chi connectivity index (χ1) is 8.69. The van der Waals surface area contributed by atoms with Gasteiger partial charge in [-0.25, -0.2) is 0 Å². The van der Waals surface area contributed by atoms with Gasteiger partial charge in [0.15, 0.2) is 5.78 Å². The highest BCUT2D eigenvalue weighted by molar-refractivity contribution is 5.98. The third kappa shape index (κ3) is 3.96. The number of benzene rings is 1. The van der Waals surface area contributed by atoms with Crippen LogP contribution in [0.3, 0.4) is 0 Å². The van der Waals surface area contributed by atoms with Gasteiger partial charge in [-0.05, 0) is 36.6 Å². The van der Waals surface area contributed by atoms with Gasteiger partial charge < -0.3 is 4.74 Å². The summed E-state index contributed by atoms with van der Waals surface area (Å²) in [4.78, 5) is 14.2. The zero-order valence-corrected chi connectivity index (χ0v) is 10.5. The zero-order chi connectivity index (χ0) is 13.4. The molecule has 0 aliphatic rings. The van der Waals surface area contributed by atoms with Gasteiger partial charge in [0.25, 0.3) is 0 Å². The van der Waals surface area contributed by atoms with Crippen LogP contribution in [0.25, 0.3) is 16.5 Å². The minimum Gasteiger partial charge on any atom is -0.496 e. The molecule has 0 aromatic heterocycles. The maximum absolute atomic E-state index is 11.5. The molecule has 0 saturated heterocycles. The van der Waals surface area contributed by atoms with Crippen molar-refractivity contribution in [1.29, 1.82) is 0 Å². The molecule has 1 aromatic carbocycles. The van der Waals surface area contributed by atoms with Crippen molar-refractivity contribution in [3.05, 3.63) is 45.8 Å². The lowest BCUT2D eigenvalue weighted by Crippen LogP contribution is -1.99. The molecule has 1 rings (SSSR count). The molecule has 0 atom stereocenters. The summed E-state index contributed by atoms with van der Waals surface area (Å²) in [5.74, 6) is 0.675. The molecule has 0 fully saturated rings. The average Bonchev–Trinajstić information content (AvgIpc) is 2.38. The number of carbonyl (C=O) groups excluding carboxylic acids is 1. The number of carbonyl (C=O) groups is 1. The smallest absolute Gasteiger partial charge is 0.155 e. The number of hydrogen-bond donors (Lipinski definition) is 0. The molecule has 0 N–H and O–H groups in total. The fourth-order valence-corrected chi connectivity index (χ4v) is 1.54. The fraction of sp³-hybridized carbons (Fsp3) is 0.308. The largest absolute Gasteiger partial charge is 0.496 e. The second kappa shape index (κ2) is 7.14. The van der Waals surface area contributed by atoms with E-state index in [-0.39, 0.29) is 12.3 Å². The van der Waals surface area contributed by atoms with Crippen LogP contribution in [0.1, 0.15) is 18.9 Å². The van der Waals surface area contributed by atoms with Crippen LogP contribution in [0.2, 0.25) is 0 Å². The SMILES string of the molecule is COc1ccccc1/C=C(/CCN=[N+]=[N-])C(C)=O. The van der Waals surface area contributed by atoms with Crippen molar-refractivity contribution >= 4 is 11.9 Å². The van der Waals surface area contributed by atoms with Crippen molar-refractivity contribution in [3.8, 4) is 5.75 Å². The highest BCUT2D eigenvalue weighted by Gasteiger charge is 2.06. The Morgan fingerprint density at radius 2 is 2.22 bits per heavy atom. The molecule has 0 bridgehead atoms. The molecular weight excluding hydrogens is 230 g/mol. The van der Waals surface area contributed by atoms with Crippen LogP contribution in [-0.4, -0.2) is 19.4 Å². The maximum atomic E-state index is 11.5. The van der Waals surface area contributed by atoms with Crippen molar-refractivity contribution < 1.29 is 9.53 Å². The third-order valence-electron chi connectivity index (χ3n) is 2.47. The molecule has 5 nitrogen and oxygen atoms in total. The van der Waals surface area contributed by atoms with E-state index in [1.807, 2.05) is 24.3 Å². The van der Waals surface area contributed by atoms with Gasteiger partial charge in [-0.1, -0.05) is 23.3 Å². The van der Waals surface area contributed by atoms with Crippen LogP contribution in [0.15, 0.2) is 35.0 Å². The number of rotatable bonds is 6. The Kier molecular flexibility index (Phi) is 5.48. The summed E-state index contributed by atoms with van der Waals surface area (Å²) in [5.41, 5.74) is 9.68. The van der Waals surface area contributed by atoms with E-state index in [1.54, 1.807) is 13.2 Å². The van der Waals surface area contributed by atoms with E-state index in [1.165, 1.54) is 6.92 Å². The molecule has 0 radical (unpaired) electrons. The predicted octanol–water partition coefficient (Wildman–Crippen LogP) is 3.37. The molecule has 0 aliphatic heterocycles. The molecule has 18 heavy (non-hydrogen) atoms. The van der Waals surface area contributed by atoms with E-state index in [0.29, 0.717) is 17.7 Å². The number of para-hydroxylation sites is 1. The number of ether oxygens (including phenoxy) is 1. The number of azide groups is 1. The Morgan fingerprint density at radius 1 is 1.50 bits per heavy atom. The van der Waals surface area contributed by atoms with Crippen molar-refractivity contribution in [2.75, 3.05) is 13.7 Å². The lowest BCUT2D eigenvalue weighted by Gasteiger charge is -2.06. The maximum Gasteiger partial charge on any atom is 0.155 e. The number of ketones is 1. The van der Waals surface area contributed by atoms with Crippen LogP contribution < -0.4 is 4.74 Å². The van der Waals surface area contributed by atoms with Gasteiger partial charge in [-0.2, -0.15) is 0 Å². The van der Waals surface area contributed by atoms with Crippen molar-refractivity contribution in [1.82, 2.24) is 0 Å². The molecule has 94 valence electrons.